The lowest BCUT2D eigenvalue weighted by Crippen LogP contribution is -2.55. The Balaban J connectivity index is 2.94. The maximum Gasteiger partial charge on any atom is 0.0842 e. The van der Waals surface area contributed by atoms with E-state index < -0.39 is 0 Å². The summed E-state index contributed by atoms with van der Waals surface area (Å²) in [6, 6.07) is 1.80. The lowest BCUT2D eigenvalue weighted by Gasteiger charge is -2.38. The predicted octanol–water partition coefficient (Wildman–Crippen LogP) is 1.24. The molecule has 1 heterocycles. The van der Waals surface area contributed by atoms with Crippen molar-refractivity contribution < 1.29 is 4.74 Å². The average molecular weight is 252 g/mol. The molecule has 0 spiro atoms. The van der Waals surface area contributed by atoms with Crippen molar-refractivity contribution in [1.29, 1.82) is 0 Å². The fourth-order valence-electron chi connectivity index (χ4n) is 2.40. The van der Waals surface area contributed by atoms with Gasteiger partial charge < -0.3 is 10.5 Å². The van der Waals surface area contributed by atoms with Gasteiger partial charge in [-0.2, -0.15) is 0 Å². The maximum absolute atomic E-state index is 5.94. The molecule has 18 heavy (non-hydrogen) atoms. The van der Waals surface area contributed by atoms with Crippen molar-refractivity contribution in [2.24, 2.45) is 5.84 Å². The topological polar surface area (TPSA) is 86.2 Å². The second-order valence-electron chi connectivity index (χ2n) is 4.47. The molecule has 0 aliphatic heterocycles. The lowest BCUT2D eigenvalue weighted by atomic mass is 9.85. The number of nitrogens with two attached hydrogens (primary N) is 2. The Morgan fingerprint density at radius 3 is 2.56 bits per heavy atom. The van der Waals surface area contributed by atoms with Gasteiger partial charge in [-0.25, -0.2) is 0 Å². The van der Waals surface area contributed by atoms with Crippen molar-refractivity contribution in [3.8, 4) is 0 Å². The Hall–Kier alpha value is -1.17. The Morgan fingerprint density at radius 2 is 2.11 bits per heavy atom. The molecular weight excluding hydrogens is 228 g/mol. The minimum absolute atomic E-state index is 0.00370. The van der Waals surface area contributed by atoms with E-state index in [4.69, 9.17) is 16.3 Å². The van der Waals surface area contributed by atoms with Crippen molar-refractivity contribution in [3.63, 3.8) is 0 Å². The Morgan fingerprint density at radius 1 is 1.44 bits per heavy atom. The zero-order chi connectivity index (χ0) is 13.6. The van der Waals surface area contributed by atoms with Crippen molar-refractivity contribution in [1.82, 2.24) is 10.4 Å². The van der Waals surface area contributed by atoms with Gasteiger partial charge in [0.05, 0.1) is 11.6 Å². The molecule has 0 aromatic carbocycles. The molecule has 5 heteroatoms. The van der Waals surface area contributed by atoms with Crippen LogP contribution in [0.2, 0.25) is 0 Å². The largest absolute Gasteiger partial charge is 0.398 e. The highest BCUT2D eigenvalue weighted by Gasteiger charge is 2.35. The average Bonchev–Trinajstić information content (AvgIpc) is 2.42. The molecule has 1 aromatic rings. The standard InChI is InChI=1S/C13H24N4O/c1-4-13(5-2,18-3)12(17-15)8-10-9-16-7-6-11(10)14/h6-7,9,12,17H,4-5,8,15H2,1-3H3,(H2,14,16). The van der Waals surface area contributed by atoms with Gasteiger partial charge in [-0.3, -0.25) is 16.3 Å². The fraction of sp³-hybridized carbons (Fsp3) is 0.615. The number of rotatable bonds is 7. The number of nitrogens with one attached hydrogen (secondary N) is 1. The van der Waals surface area contributed by atoms with Crippen LogP contribution in [0.1, 0.15) is 32.3 Å². The van der Waals surface area contributed by atoms with Crippen molar-refractivity contribution in [2.45, 2.75) is 44.8 Å². The van der Waals surface area contributed by atoms with Crippen LogP contribution in [0.3, 0.4) is 0 Å². The molecule has 0 saturated heterocycles. The van der Waals surface area contributed by atoms with E-state index in [9.17, 15) is 0 Å². The summed E-state index contributed by atoms with van der Waals surface area (Å²) in [5.74, 6) is 5.69. The summed E-state index contributed by atoms with van der Waals surface area (Å²) in [5.41, 5.74) is 10.3. The number of hydrazine groups is 1. The summed E-state index contributed by atoms with van der Waals surface area (Å²) in [6.45, 7) is 4.20. The number of pyridine rings is 1. The molecule has 102 valence electrons. The molecule has 0 fully saturated rings. The van der Waals surface area contributed by atoms with Gasteiger partial charge in [0.15, 0.2) is 0 Å². The summed E-state index contributed by atoms with van der Waals surface area (Å²) in [4.78, 5) is 4.10. The van der Waals surface area contributed by atoms with Crippen LogP contribution in [0.5, 0.6) is 0 Å². The number of hydrogen-bond acceptors (Lipinski definition) is 5. The third kappa shape index (κ3) is 2.98. The second kappa shape index (κ2) is 6.68. The molecule has 0 saturated carbocycles. The molecule has 5 nitrogen and oxygen atoms in total. The maximum atomic E-state index is 5.94. The first kappa shape index (κ1) is 14.9. The number of methoxy groups -OCH3 is 1. The minimum atomic E-state index is -0.281. The van der Waals surface area contributed by atoms with Gasteiger partial charge in [0.2, 0.25) is 0 Å². The van der Waals surface area contributed by atoms with Crippen molar-refractivity contribution in [2.75, 3.05) is 12.8 Å². The van der Waals surface area contributed by atoms with Crippen LogP contribution < -0.4 is 17.0 Å². The van der Waals surface area contributed by atoms with Gasteiger partial charge >= 0.3 is 0 Å². The number of nitrogen functional groups attached to an aromatic ring is 1. The summed E-state index contributed by atoms with van der Waals surface area (Å²) in [7, 11) is 1.73. The zero-order valence-corrected chi connectivity index (χ0v) is 11.4. The van der Waals surface area contributed by atoms with E-state index in [1.165, 1.54) is 0 Å². The van der Waals surface area contributed by atoms with E-state index in [1.54, 1.807) is 25.6 Å². The van der Waals surface area contributed by atoms with Crippen LogP contribution in [0.25, 0.3) is 0 Å². The molecule has 0 bridgehead atoms. The molecule has 0 aliphatic carbocycles. The number of anilines is 1. The van der Waals surface area contributed by atoms with E-state index in [1.807, 2.05) is 0 Å². The molecule has 0 aliphatic rings. The Bertz CT molecular complexity index is 357. The fourth-order valence-corrected chi connectivity index (χ4v) is 2.40. The molecule has 1 rings (SSSR count). The van der Waals surface area contributed by atoms with E-state index in [0.717, 1.165) is 24.1 Å². The van der Waals surface area contributed by atoms with E-state index in [2.05, 4.69) is 24.3 Å². The summed E-state index contributed by atoms with van der Waals surface area (Å²) in [6.07, 6.45) is 5.94. The quantitative estimate of drug-likeness (QED) is 0.502. The highest BCUT2D eigenvalue weighted by atomic mass is 16.5. The van der Waals surface area contributed by atoms with Crippen LogP contribution in [-0.4, -0.2) is 23.7 Å². The monoisotopic (exact) mass is 252 g/mol. The highest BCUT2D eigenvalue weighted by molar-refractivity contribution is 5.44. The minimum Gasteiger partial charge on any atom is -0.398 e. The third-order valence-electron chi connectivity index (χ3n) is 3.81. The first-order valence-electron chi connectivity index (χ1n) is 6.33. The van der Waals surface area contributed by atoms with E-state index in [-0.39, 0.29) is 11.6 Å². The van der Waals surface area contributed by atoms with Gasteiger partial charge in [-0.1, -0.05) is 13.8 Å². The van der Waals surface area contributed by atoms with Crippen LogP contribution in [0.15, 0.2) is 18.5 Å². The van der Waals surface area contributed by atoms with Crippen LogP contribution in [0, 0.1) is 0 Å². The lowest BCUT2D eigenvalue weighted by molar-refractivity contribution is -0.0472. The SMILES string of the molecule is CCC(CC)(OC)C(Cc1cnccc1N)NN. The van der Waals surface area contributed by atoms with E-state index >= 15 is 0 Å². The number of aromatic nitrogens is 1. The highest BCUT2D eigenvalue weighted by Crippen LogP contribution is 2.27. The zero-order valence-electron chi connectivity index (χ0n) is 11.4. The summed E-state index contributed by atoms with van der Waals surface area (Å²) < 4.78 is 5.70. The van der Waals surface area contributed by atoms with Gasteiger partial charge in [-0.05, 0) is 30.9 Å². The Kier molecular flexibility index (Phi) is 5.53. The summed E-state index contributed by atoms with van der Waals surface area (Å²) >= 11 is 0. The molecule has 5 N–H and O–H groups in total. The third-order valence-corrected chi connectivity index (χ3v) is 3.81. The first-order chi connectivity index (χ1) is 8.63. The number of nitrogens with zero attached hydrogens (tertiary/aromatic N) is 1. The summed E-state index contributed by atoms with van der Waals surface area (Å²) in [5, 5.41) is 0. The molecule has 1 unspecified atom stereocenters. The van der Waals surface area contributed by atoms with Crippen molar-refractivity contribution in [3.05, 3.63) is 24.0 Å². The second-order valence-corrected chi connectivity index (χ2v) is 4.47. The predicted molar refractivity (Wildman–Crippen MR) is 73.8 cm³/mol. The molecule has 0 amide bonds. The van der Waals surface area contributed by atoms with Crippen LogP contribution >= 0.6 is 0 Å². The number of hydrogen-bond donors (Lipinski definition) is 3. The normalized spacial score (nSPS) is 13.6. The molecule has 1 aromatic heterocycles. The Labute approximate surface area is 109 Å². The molecule has 0 radical (unpaired) electrons. The van der Waals surface area contributed by atoms with Crippen LogP contribution in [0.4, 0.5) is 5.69 Å². The molecule has 1 atom stereocenters. The number of ether oxygens (including phenoxy) is 1. The van der Waals surface area contributed by atoms with Crippen LogP contribution in [-0.2, 0) is 11.2 Å². The van der Waals surface area contributed by atoms with Crippen molar-refractivity contribution >= 4 is 5.69 Å². The van der Waals surface area contributed by atoms with Gasteiger partial charge in [0.25, 0.3) is 0 Å². The van der Waals surface area contributed by atoms with Gasteiger partial charge in [-0.15, -0.1) is 0 Å². The van der Waals surface area contributed by atoms with Gasteiger partial charge in [0, 0.05) is 25.2 Å². The van der Waals surface area contributed by atoms with Gasteiger partial charge in [0.1, 0.15) is 0 Å². The first-order valence-corrected chi connectivity index (χ1v) is 6.33. The van der Waals surface area contributed by atoms with E-state index in [0.29, 0.717) is 6.42 Å². The molecular formula is C13H24N4O. The smallest absolute Gasteiger partial charge is 0.0842 e.